The van der Waals surface area contributed by atoms with Crippen LogP contribution >= 0.6 is 15.9 Å². The van der Waals surface area contributed by atoms with Crippen molar-refractivity contribution in [3.63, 3.8) is 0 Å². The number of hydrogen-bond acceptors (Lipinski definition) is 3. The molecule has 146 valence electrons. The molecule has 0 aromatic heterocycles. The molecule has 26 heavy (non-hydrogen) atoms. The highest BCUT2D eigenvalue weighted by Crippen LogP contribution is 2.11. The first-order valence-electron chi connectivity index (χ1n) is 9.27. The third kappa shape index (κ3) is 9.20. The van der Waals surface area contributed by atoms with Crippen LogP contribution in [0.2, 0.25) is 0 Å². The van der Waals surface area contributed by atoms with Gasteiger partial charge < -0.3 is 21.1 Å². The molecular formula is C19H31BrN4O2. The molecule has 0 saturated carbocycles. The van der Waals surface area contributed by atoms with E-state index < -0.39 is 0 Å². The van der Waals surface area contributed by atoms with Gasteiger partial charge in [0.1, 0.15) is 0 Å². The molecule has 1 aromatic carbocycles. The number of benzene rings is 1. The van der Waals surface area contributed by atoms with Crippen LogP contribution in [0.4, 0.5) is 0 Å². The summed E-state index contributed by atoms with van der Waals surface area (Å²) in [6.45, 7) is 6.92. The maximum atomic E-state index is 12.1. The van der Waals surface area contributed by atoms with Crippen LogP contribution in [-0.4, -0.2) is 49.8 Å². The van der Waals surface area contributed by atoms with Crippen LogP contribution in [-0.2, 0) is 0 Å². The van der Waals surface area contributed by atoms with Crippen LogP contribution in [0.15, 0.2) is 33.7 Å². The predicted molar refractivity (Wildman–Crippen MR) is 111 cm³/mol. The Bertz CT molecular complexity index is 560. The number of hydrogen-bond donors (Lipinski definition) is 4. The van der Waals surface area contributed by atoms with Gasteiger partial charge >= 0.3 is 0 Å². The highest BCUT2D eigenvalue weighted by Gasteiger charge is 2.08. The molecule has 6 nitrogen and oxygen atoms in total. The molecule has 0 aliphatic rings. The Morgan fingerprint density at radius 3 is 2.62 bits per heavy atom. The van der Waals surface area contributed by atoms with Crippen LogP contribution in [0.3, 0.4) is 0 Å². The average molecular weight is 427 g/mol. The molecule has 1 amide bonds. The monoisotopic (exact) mass is 426 g/mol. The fraction of sp³-hybridized carbons (Fsp3) is 0.579. The highest BCUT2D eigenvalue weighted by molar-refractivity contribution is 9.10. The molecular weight excluding hydrogens is 396 g/mol. The van der Waals surface area contributed by atoms with E-state index in [4.69, 9.17) is 5.11 Å². The Balaban J connectivity index is 2.42. The van der Waals surface area contributed by atoms with E-state index in [-0.39, 0.29) is 12.5 Å². The van der Waals surface area contributed by atoms with E-state index in [1.165, 1.54) is 0 Å². The van der Waals surface area contributed by atoms with Crippen LogP contribution in [0, 0.1) is 5.92 Å². The van der Waals surface area contributed by atoms with E-state index in [1.54, 1.807) is 12.1 Å². The summed E-state index contributed by atoms with van der Waals surface area (Å²) < 4.78 is 0.884. The lowest BCUT2D eigenvalue weighted by Crippen LogP contribution is -2.41. The molecule has 7 heteroatoms. The fourth-order valence-electron chi connectivity index (χ4n) is 2.57. The van der Waals surface area contributed by atoms with Gasteiger partial charge in [0.25, 0.3) is 5.91 Å². The number of aliphatic hydroxyl groups excluding tert-OH is 1. The smallest absolute Gasteiger partial charge is 0.251 e. The molecule has 1 atom stereocenters. The molecule has 0 heterocycles. The first-order valence-corrected chi connectivity index (χ1v) is 10.1. The molecule has 1 rings (SSSR count). The summed E-state index contributed by atoms with van der Waals surface area (Å²) in [6, 6.07) is 7.31. The van der Waals surface area contributed by atoms with E-state index >= 15 is 0 Å². The van der Waals surface area contributed by atoms with Gasteiger partial charge in [0.05, 0.1) is 0 Å². The first kappa shape index (κ1) is 22.4. The highest BCUT2D eigenvalue weighted by atomic mass is 79.9. The summed E-state index contributed by atoms with van der Waals surface area (Å²) in [5, 5.41) is 18.5. The van der Waals surface area contributed by atoms with E-state index in [9.17, 15) is 4.79 Å². The van der Waals surface area contributed by atoms with Gasteiger partial charge in [-0.25, -0.2) is 0 Å². The molecule has 0 radical (unpaired) electrons. The van der Waals surface area contributed by atoms with Crippen molar-refractivity contribution in [2.24, 2.45) is 10.9 Å². The van der Waals surface area contributed by atoms with Crippen molar-refractivity contribution in [1.29, 1.82) is 0 Å². The lowest BCUT2D eigenvalue weighted by atomic mass is 10.0. The second-order valence-electron chi connectivity index (χ2n) is 6.08. The van der Waals surface area contributed by atoms with Gasteiger partial charge in [-0.15, -0.1) is 0 Å². The first-order chi connectivity index (χ1) is 12.6. The van der Waals surface area contributed by atoms with Crippen LogP contribution in [0.5, 0.6) is 0 Å². The summed E-state index contributed by atoms with van der Waals surface area (Å²) in [6.07, 6.45) is 2.93. The quantitative estimate of drug-likeness (QED) is 0.248. The van der Waals surface area contributed by atoms with Gasteiger partial charge in [-0.1, -0.05) is 35.3 Å². The topological polar surface area (TPSA) is 85.8 Å². The average Bonchev–Trinajstić information content (AvgIpc) is 2.63. The zero-order valence-electron chi connectivity index (χ0n) is 15.7. The number of aliphatic imine (C=N–C) groups is 1. The number of nitrogens with zero attached hydrogens (tertiary/aromatic N) is 1. The Morgan fingerprint density at radius 2 is 1.96 bits per heavy atom. The largest absolute Gasteiger partial charge is 0.396 e. The number of aliphatic hydroxyl groups is 1. The molecule has 1 unspecified atom stereocenters. The third-order valence-corrected chi connectivity index (χ3v) is 4.37. The summed E-state index contributed by atoms with van der Waals surface area (Å²) in [5.74, 6) is 1.04. The Hall–Kier alpha value is -1.60. The summed E-state index contributed by atoms with van der Waals surface area (Å²) >= 11 is 3.37. The van der Waals surface area contributed by atoms with Crippen LogP contribution in [0.25, 0.3) is 0 Å². The van der Waals surface area contributed by atoms with Crippen molar-refractivity contribution < 1.29 is 9.90 Å². The van der Waals surface area contributed by atoms with Crippen LogP contribution in [0.1, 0.15) is 43.5 Å². The molecule has 4 N–H and O–H groups in total. The third-order valence-electron chi connectivity index (χ3n) is 3.88. The normalized spacial score (nSPS) is 12.5. The maximum Gasteiger partial charge on any atom is 0.251 e. The number of guanidine groups is 1. The molecule has 1 aromatic rings. The number of nitrogens with one attached hydrogen (secondary N) is 3. The lowest BCUT2D eigenvalue weighted by Gasteiger charge is -2.15. The Kier molecular flexibility index (Phi) is 11.7. The van der Waals surface area contributed by atoms with Gasteiger partial charge in [0, 0.05) is 42.8 Å². The van der Waals surface area contributed by atoms with Crippen molar-refractivity contribution in [3.8, 4) is 0 Å². The minimum absolute atomic E-state index is 0.0963. The molecule has 0 aliphatic carbocycles. The Morgan fingerprint density at radius 1 is 1.19 bits per heavy atom. The predicted octanol–water partition coefficient (Wildman–Crippen LogP) is 2.53. The molecule has 0 bridgehead atoms. The Labute approximate surface area is 165 Å². The van der Waals surface area contributed by atoms with E-state index in [1.807, 2.05) is 19.1 Å². The van der Waals surface area contributed by atoms with Gasteiger partial charge in [-0.05, 0) is 43.9 Å². The van der Waals surface area contributed by atoms with Crippen molar-refractivity contribution in [2.75, 3.05) is 32.8 Å². The van der Waals surface area contributed by atoms with Gasteiger partial charge in [-0.3, -0.25) is 9.79 Å². The van der Waals surface area contributed by atoms with Crippen molar-refractivity contribution >= 4 is 27.8 Å². The van der Waals surface area contributed by atoms with Crippen molar-refractivity contribution in [1.82, 2.24) is 16.0 Å². The number of carbonyl (C=O) groups excluding carboxylic acids is 1. The summed E-state index contributed by atoms with van der Waals surface area (Å²) in [7, 11) is 0. The van der Waals surface area contributed by atoms with Crippen molar-refractivity contribution in [3.05, 3.63) is 34.3 Å². The van der Waals surface area contributed by atoms with Gasteiger partial charge in [-0.2, -0.15) is 0 Å². The zero-order valence-corrected chi connectivity index (χ0v) is 17.3. The number of rotatable bonds is 11. The number of carbonyl (C=O) groups is 1. The van der Waals surface area contributed by atoms with Gasteiger partial charge in [0.2, 0.25) is 0 Å². The lowest BCUT2D eigenvalue weighted by molar-refractivity contribution is 0.0954. The van der Waals surface area contributed by atoms with E-state index in [2.05, 4.69) is 43.8 Å². The second-order valence-corrected chi connectivity index (χ2v) is 7.00. The summed E-state index contributed by atoms with van der Waals surface area (Å²) in [5.41, 5.74) is 0.631. The number of halogens is 1. The molecule has 0 fully saturated rings. The zero-order chi connectivity index (χ0) is 19.2. The van der Waals surface area contributed by atoms with E-state index in [0.717, 1.165) is 36.2 Å². The fourth-order valence-corrected chi connectivity index (χ4v) is 2.97. The van der Waals surface area contributed by atoms with Crippen LogP contribution < -0.4 is 16.0 Å². The minimum atomic E-state index is -0.0963. The molecule has 0 aliphatic heterocycles. The van der Waals surface area contributed by atoms with E-state index in [0.29, 0.717) is 31.1 Å². The molecule has 0 saturated heterocycles. The molecule has 0 spiro atoms. The second kappa shape index (κ2) is 13.6. The minimum Gasteiger partial charge on any atom is -0.396 e. The SMILES string of the molecule is CCCC(CCO)CN=C(NCC)NCCNC(=O)c1cccc(Br)c1. The standard InChI is InChI=1S/C19H31BrN4O2/c1-3-6-15(9-12-25)14-24-19(21-4-2)23-11-10-22-18(26)16-7-5-8-17(20)13-16/h5,7-8,13,15,25H,3-4,6,9-12,14H2,1-2H3,(H,22,26)(H2,21,23,24). The summed E-state index contributed by atoms with van der Waals surface area (Å²) in [4.78, 5) is 16.7. The maximum absolute atomic E-state index is 12.1. The van der Waals surface area contributed by atoms with Gasteiger partial charge in [0.15, 0.2) is 5.96 Å². The van der Waals surface area contributed by atoms with Crippen molar-refractivity contribution in [2.45, 2.75) is 33.1 Å². The number of amides is 1.